The molecule has 1 rings (SSSR count). The van der Waals surface area contributed by atoms with E-state index in [4.69, 9.17) is 0 Å². The summed E-state index contributed by atoms with van der Waals surface area (Å²) in [6.45, 7) is 5.20. The van der Waals surface area contributed by atoms with Gasteiger partial charge in [0.15, 0.2) is 14.7 Å². The monoisotopic (exact) mass is 245 g/mol. The van der Waals surface area contributed by atoms with Gasteiger partial charge in [0.05, 0.1) is 0 Å². The maximum atomic E-state index is 11.9. The maximum Gasteiger partial charge on any atom is 0.273 e. The molecule has 1 aromatic heterocycles. The Hall–Kier alpha value is -1.30. The van der Waals surface area contributed by atoms with Crippen molar-refractivity contribution in [3.63, 3.8) is 0 Å². The largest absolute Gasteiger partial charge is 0.506 e. The van der Waals surface area contributed by atoms with Crippen molar-refractivity contribution in [3.05, 3.63) is 22.1 Å². The Kier molecular flexibility index (Phi) is 3.14. The van der Waals surface area contributed by atoms with E-state index in [9.17, 15) is 18.3 Å². The van der Waals surface area contributed by atoms with E-state index in [0.717, 1.165) is 6.26 Å². The smallest absolute Gasteiger partial charge is 0.273 e. The lowest BCUT2D eigenvalue weighted by Crippen LogP contribution is -2.28. The first-order valence-electron chi connectivity index (χ1n) is 4.81. The van der Waals surface area contributed by atoms with Crippen LogP contribution in [0.1, 0.15) is 25.6 Å². The van der Waals surface area contributed by atoms with Gasteiger partial charge in [0, 0.05) is 24.1 Å². The highest BCUT2D eigenvalue weighted by Crippen LogP contribution is 2.21. The number of aromatic hydroxyl groups is 1. The molecular weight excluding hydrogens is 230 g/mol. The topological polar surface area (TPSA) is 76.4 Å². The van der Waals surface area contributed by atoms with Gasteiger partial charge in [-0.3, -0.25) is 4.79 Å². The number of aryl methyl sites for hydroxylation is 1. The summed E-state index contributed by atoms with van der Waals surface area (Å²) in [5.41, 5.74) is -0.139. The fourth-order valence-corrected chi connectivity index (χ4v) is 2.56. The SMILES string of the molecule is Cc1cc(O)c(S(C)(=O)=O)c(=O)n1C(C)C. The number of aromatic nitrogens is 1. The van der Waals surface area contributed by atoms with Crippen LogP contribution >= 0.6 is 0 Å². The van der Waals surface area contributed by atoms with Crippen LogP contribution in [0.15, 0.2) is 15.8 Å². The first-order valence-corrected chi connectivity index (χ1v) is 6.70. The maximum absolute atomic E-state index is 11.9. The van der Waals surface area contributed by atoms with Crippen molar-refractivity contribution in [2.24, 2.45) is 0 Å². The van der Waals surface area contributed by atoms with E-state index in [1.807, 2.05) is 0 Å². The summed E-state index contributed by atoms with van der Waals surface area (Å²) in [7, 11) is -3.72. The van der Waals surface area contributed by atoms with Crippen LogP contribution in [0.25, 0.3) is 0 Å². The number of hydrogen-bond donors (Lipinski definition) is 1. The van der Waals surface area contributed by atoms with Crippen LogP contribution < -0.4 is 5.56 Å². The van der Waals surface area contributed by atoms with E-state index in [2.05, 4.69) is 0 Å². The molecule has 1 N–H and O–H groups in total. The molecule has 0 aromatic carbocycles. The molecule has 0 saturated heterocycles. The number of hydrogen-bond acceptors (Lipinski definition) is 4. The average Bonchev–Trinajstić information content (AvgIpc) is 1.97. The number of pyridine rings is 1. The Morgan fingerprint density at radius 1 is 1.38 bits per heavy atom. The van der Waals surface area contributed by atoms with Crippen molar-refractivity contribution in [1.29, 1.82) is 0 Å². The van der Waals surface area contributed by atoms with Gasteiger partial charge in [-0.2, -0.15) is 0 Å². The van der Waals surface area contributed by atoms with Crippen molar-refractivity contribution in [1.82, 2.24) is 4.57 Å². The minimum atomic E-state index is -3.72. The number of sulfone groups is 1. The number of rotatable bonds is 2. The van der Waals surface area contributed by atoms with E-state index < -0.39 is 26.0 Å². The molecule has 90 valence electrons. The van der Waals surface area contributed by atoms with Gasteiger partial charge in [0.25, 0.3) is 5.56 Å². The zero-order valence-corrected chi connectivity index (χ0v) is 10.5. The summed E-state index contributed by atoms with van der Waals surface area (Å²) >= 11 is 0. The molecule has 5 nitrogen and oxygen atoms in total. The first kappa shape index (κ1) is 12.8. The van der Waals surface area contributed by atoms with Gasteiger partial charge < -0.3 is 9.67 Å². The van der Waals surface area contributed by atoms with Crippen LogP contribution in [-0.4, -0.2) is 24.3 Å². The lowest BCUT2D eigenvalue weighted by atomic mass is 10.3. The van der Waals surface area contributed by atoms with Crippen molar-refractivity contribution in [2.45, 2.75) is 31.7 Å². The zero-order chi connectivity index (χ0) is 12.7. The fraction of sp³-hybridized carbons (Fsp3) is 0.500. The molecule has 0 amide bonds. The van der Waals surface area contributed by atoms with Crippen LogP contribution in [-0.2, 0) is 9.84 Å². The van der Waals surface area contributed by atoms with Crippen molar-refractivity contribution < 1.29 is 13.5 Å². The molecule has 0 spiro atoms. The predicted octanol–water partition coefficient (Wildman–Crippen LogP) is 0.847. The van der Waals surface area contributed by atoms with Gasteiger partial charge in [-0.05, 0) is 20.8 Å². The molecule has 0 aliphatic carbocycles. The van der Waals surface area contributed by atoms with E-state index in [-0.39, 0.29) is 6.04 Å². The fourth-order valence-electron chi connectivity index (χ4n) is 1.70. The van der Waals surface area contributed by atoms with Gasteiger partial charge in [-0.1, -0.05) is 0 Å². The van der Waals surface area contributed by atoms with Gasteiger partial charge in [-0.25, -0.2) is 8.42 Å². The van der Waals surface area contributed by atoms with Gasteiger partial charge in [0.2, 0.25) is 0 Å². The second kappa shape index (κ2) is 3.93. The minimum Gasteiger partial charge on any atom is -0.506 e. The van der Waals surface area contributed by atoms with Crippen molar-refractivity contribution in [3.8, 4) is 5.75 Å². The van der Waals surface area contributed by atoms with Gasteiger partial charge in [-0.15, -0.1) is 0 Å². The standard InChI is InChI=1S/C10H15NO4S/c1-6(2)11-7(3)5-8(12)9(10(11)13)16(4,14)15/h5-6,12H,1-4H3. The highest BCUT2D eigenvalue weighted by atomic mass is 32.2. The van der Waals surface area contributed by atoms with Crippen LogP contribution in [0.5, 0.6) is 5.75 Å². The molecule has 0 unspecified atom stereocenters. The van der Waals surface area contributed by atoms with Gasteiger partial charge >= 0.3 is 0 Å². The molecule has 1 heterocycles. The Morgan fingerprint density at radius 3 is 2.25 bits per heavy atom. The molecule has 0 fully saturated rings. The Balaban J connectivity index is 3.80. The van der Waals surface area contributed by atoms with Gasteiger partial charge in [0.1, 0.15) is 5.75 Å². The van der Waals surface area contributed by atoms with Crippen LogP contribution in [0, 0.1) is 6.92 Å². The lowest BCUT2D eigenvalue weighted by Gasteiger charge is -2.15. The third-order valence-corrected chi connectivity index (χ3v) is 3.38. The molecule has 16 heavy (non-hydrogen) atoms. The highest BCUT2D eigenvalue weighted by Gasteiger charge is 2.22. The Morgan fingerprint density at radius 2 is 1.88 bits per heavy atom. The zero-order valence-electron chi connectivity index (χ0n) is 9.68. The molecule has 1 aromatic rings. The summed E-state index contributed by atoms with van der Waals surface area (Å²) in [4.78, 5) is 11.4. The van der Waals surface area contributed by atoms with E-state index >= 15 is 0 Å². The normalized spacial score (nSPS) is 12.1. The lowest BCUT2D eigenvalue weighted by molar-refractivity contribution is 0.444. The average molecular weight is 245 g/mol. The Bertz CT molecular complexity index is 569. The molecule has 6 heteroatoms. The molecule has 0 atom stereocenters. The molecule has 0 aliphatic rings. The second-order valence-electron chi connectivity index (χ2n) is 4.04. The molecule has 0 radical (unpaired) electrons. The first-order chi connectivity index (χ1) is 7.16. The summed E-state index contributed by atoms with van der Waals surface area (Å²) in [6.07, 6.45) is 0.906. The predicted molar refractivity (Wildman–Crippen MR) is 60.6 cm³/mol. The Labute approximate surface area is 94.3 Å². The minimum absolute atomic E-state index is 0.159. The van der Waals surface area contributed by atoms with E-state index in [0.29, 0.717) is 5.69 Å². The van der Waals surface area contributed by atoms with Crippen LogP contribution in [0.2, 0.25) is 0 Å². The summed E-state index contributed by atoms with van der Waals surface area (Å²) < 4.78 is 24.1. The molecule has 0 bridgehead atoms. The van der Waals surface area contributed by atoms with E-state index in [1.54, 1.807) is 20.8 Å². The second-order valence-corrected chi connectivity index (χ2v) is 5.99. The molecule has 0 saturated carbocycles. The van der Waals surface area contributed by atoms with E-state index in [1.165, 1.54) is 10.6 Å². The quantitative estimate of drug-likeness (QED) is 0.838. The summed E-state index contributed by atoms with van der Waals surface area (Å²) in [5, 5.41) is 9.52. The summed E-state index contributed by atoms with van der Waals surface area (Å²) in [5.74, 6) is -0.484. The van der Waals surface area contributed by atoms with Crippen LogP contribution in [0.3, 0.4) is 0 Å². The highest BCUT2D eigenvalue weighted by molar-refractivity contribution is 7.90. The molecular formula is C10H15NO4S. The third-order valence-electron chi connectivity index (χ3n) is 2.26. The third kappa shape index (κ3) is 2.11. The van der Waals surface area contributed by atoms with Crippen molar-refractivity contribution >= 4 is 9.84 Å². The molecule has 0 aliphatic heterocycles. The van der Waals surface area contributed by atoms with Crippen LogP contribution in [0.4, 0.5) is 0 Å². The van der Waals surface area contributed by atoms with Crippen molar-refractivity contribution in [2.75, 3.05) is 6.26 Å². The number of nitrogens with zero attached hydrogens (tertiary/aromatic N) is 1. The summed E-state index contributed by atoms with van der Waals surface area (Å²) in [6, 6.07) is 1.13.